The molecule has 2 spiro atoms. The third-order valence-corrected chi connectivity index (χ3v) is 12.3. The Balaban J connectivity index is 1.09. The summed E-state index contributed by atoms with van der Waals surface area (Å²) in [5, 5.41) is 29.6. The van der Waals surface area contributed by atoms with Crippen molar-refractivity contribution in [1.82, 2.24) is 4.90 Å². The van der Waals surface area contributed by atoms with Gasteiger partial charge in [-0.2, -0.15) is 0 Å². The molecule has 3 saturated carbocycles. The molecule has 3 aromatic rings. The summed E-state index contributed by atoms with van der Waals surface area (Å²) in [5.41, 5.74) is 2.70. The highest BCUT2D eigenvalue weighted by Crippen LogP contribution is 2.77. The highest BCUT2D eigenvalue weighted by molar-refractivity contribution is 6.03. The van der Waals surface area contributed by atoms with Gasteiger partial charge < -0.3 is 30.3 Å². The second kappa shape index (κ2) is 10.7. The van der Waals surface area contributed by atoms with Crippen LogP contribution in [0.5, 0.6) is 11.5 Å². The fraction of sp³-hybridized carbons (Fsp3) is 0.500. The molecule has 8 heteroatoms. The van der Waals surface area contributed by atoms with E-state index in [1.807, 2.05) is 80.6 Å². The van der Waals surface area contributed by atoms with Gasteiger partial charge in [0.25, 0.3) is 0 Å². The average Bonchev–Trinajstić information content (AvgIpc) is 3.43. The van der Waals surface area contributed by atoms with Gasteiger partial charge >= 0.3 is 0 Å². The van der Waals surface area contributed by atoms with E-state index < -0.39 is 11.2 Å². The van der Waals surface area contributed by atoms with Gasteiger partial charge in [0.05, 0.1) is 5.60 Å². The number of rotatable bonds is 8. The monoisotopic (exact) mass is 622 g/mol. The van der Waals surface area contributed by atoms with E-state index in [0.717, 1.165) is 68.9 Å². The lowest BCUT2D eigenvalue weighted by Gasteiger charge is -2.74. The number of nitrogens with zero attached hydrogens (tertiary/aromatic N) is 2. The highest BCUT2D eigenvalue weighted by atomic mass is 16.6. The molecule has 4 bridgehead atoms. The third-order valence-electron chi connectivity index (χ3n) is 12.3. The lowest BCUT2D eigenvalue weighted by Crippen LogP contribution is -2.82. The van der Waals surface area contributed by atoms with Crippen LogP contribution in [0, 0.1) is 11.3 Å². The van der Waals surface area contributed by atoms with Gasteiger partial charge in [0.1, 0.15) is 11.7 Å². The van der Waals surface area contributed by atoms with Gasteiger partial charge in [0.15, 0.2) is 17.5 Å². The van der Waals surface area contributed by atoms with E-state index in [4.69, 9.17) is 14.5 Å². The first-order chi connectivity index (χ1) is 22.2. The summed E-state index contributed by atoms with van der Waals surface area (Å²) >= 11 is 0. The molecule has 4 fully saturated rings. The number of hydrogen-bond acceptors (Lipinski definition) is 6. The van der Waals surface area contributed by atoms with E-state index in [2.05, 4.69) is 21.6 Å². The Morgan fingerprint density at radius 1 is 1.00 bits per heavy atom. The third kappa shape index (κ3) is 4.19. The smallest absolute Gasteiger partial charge is 0.200 e. The zero-order valence-corrected chi connectivity index (χ0v) is 27.1. The van der Waals surface area contributed by atoms with Crippen molar-refractivity contribution in [3.8, 4) is 11.5 Å². The van der Waals surface area contributed by atoms with Crippen molar-refractivity contribution in [3.05, 3.63) is 83.9 Å². The molecular weight excluding hydrogens is 576 g/mol. The number of nitrogens with one attached hydrogen (secondary N) is 2. The second-order valence-electron chi connectivity index (χ2n) is 14.7. The number of hydrogen-bond donors (Lipinski definition) is 4. The highest BCUT2D eigenvalue weighted by Gasteiger charge is 2.81. The van der Waals surface area contributed by atoms with Crippen molar-refractivity contribution >= 4 is 17.3 Å². The number of aromatic hydroxyl groups is 1. The van der Waals surface area contributed by atoms with Crippen LogP contribution >= 0.6 is 0 Å². The second-order valence-corrected chi connectivity index (χ2v) is 14.7. The van der Waals surface area contributed by atoms with Crippen molar-refractivity contribution in [2.75, 3.05) is 37.4 Å². The quantitative estimate of drug-likeness (QED) is 0.140. The van der Waals surface area contributed by atoms with Crippen molar-refractivity contribution < 1.29 is 19.7 Å². The Morgan fingerprint density at radius 3 is 2.35 bits per heavy atom. The summed E-state index contributed by atoms with van der Waals surface area (Å²) in [7, 11) is 1.80. The normalized spacial score (nSPS) is 32.0. The van der Waals surface area contributed by atoms with Crippen LogP contribution in [0.4, 0.5) is 11.4 Å². The first-order valence-corrected chi connectivity index (χ1v) is 16.9. The predicted octanol–water partition coefficient (Wildman–Crippen LogP) is 5.95. The van der Waals surface area contributed by atoms with Gasteiger partial charge in [-0.05, 0) is 94.8 Å². The summed E-state index contributed by atoms with van der Waals surface area (Å²) in [6, 6.07) is 24.6. The molecule has 4 aliphatic carbocycles. The number of likely N-dealkylation sites (tertiary alicyclic amines) is 1. The van der Waals surface area contributed by atoms with Crippen LogP contribution in [0.1, 0.15) is 57.1 Å². The molecule has 6 atom stereocenters. The molecule has 6 aliphatic rings. The summed E-state index contributed by atoms with van der Waals surface area (Å²) in [6.45, 7) is 6.48. The SMILES string of the molecule is COC12CCC3(CC1C(C)(C)O)[C@H]1Cc4ccc(O)c5c4[C@@]3(CCN1CCCN=C(Nc1ccccc1)Nc1ccccc1)[C@H]2O5. The molecule has 8 nitrogen and oxygen atoms in total. The lowest BCUT2D eigenvalue weighted by atomic mass is 9.34. The Labute approximate surface area is 271 Å². The van der Waals surface area contributed by atoms with E-state index in [9.17, 15) is 10.2 Å². The van der Waals surface area contributed by atoms with Gasteiger partial charge in [-0.3, -0.25) is 9.89 Å². The maximum absolute atomic E-state index is 11.6. The van der Waals surface area contributed by atoms with Crippen molar-refractivity contribution in [2.24, 2.45) is 16.3 Å². The van der Waals surface area contributed by atoms with E-state index in [1.165, 1.54) is 11.1 Å². The number of benzene rings is 3. The number of fused-ring (bicyclic) bond motifs is 2. The molecule has 3 unspecified atom stereocenters. The molecule has 2 heterocycles. The standard InChI is InChI=1S/C38H46N4O4/c1-35(2,44)29-24-36-17-18-38(29,45-3)33-37(36)19-22-42(30(36)23-25-15-16-28(43)32(46-33)31(25)37)21-10-20-39-34(40-26-11-6-4-7-12-26)41-27-13-8-5-9-14-27/h4-9,11-16,29-30,33,43-44H,10,17-24H2,1-3H3,(H2,39,40,41)/t29?,30-,33-,36?,37+,38?/m1/s1. The van der Waals surface area contributed by atoms with Crippen LogP contribution in [0.3, 0.4) is 0 Å². The Kier molecular flexibility index (Phi) is 6.94. The van der Waals surface area contributed by atoms with E-state index in [-0.39, 0.29) is 28.6 Å². The predicted molar refractivity (Wildman–Crippen MR) is 181 cm³/mol. The molecule has 242 valence electrons. The van der Waals surface area contributed by atoms with E-state index >= 15 is 0 Å². The first-order valence-electron chi connectivity index (χ1n) is 16.9. The Bertz CT molecular complexity index is 1600. The molecule has 1 saturated heterocycles. The maximum Gasteiger partial charge on any atom is 0.200 e. The minimum Gasteiger partial charge on any atom is -0.504 e. The number of aliphatic imine (C=N–C) groups is 1. The summed E-state index contributed by atoms with van der Waals surface area (Å²) in [5.74, 6) is 1.56. The number of piperidine rings is 1. The minimum atomic E-state index is -0.923. The zero-order chi connectivity index (χ0) is 31.7. The fourth-order valence-corrected chi connectivity index (χ4v) is 10.5. The summed E-state index contributed by atoms with van der Waals surface area (Å²) < 4.78 is 13.4. The number of ether oxygens (including phenoxy) is 2. The van der Waals surface area contributed by atoms with Crippen LogP contribution in [-0.2, 0) is 16.6 Å². The van der Waals surface area contributed by atoms with Crippen molar-refractivity contribution in [1.29, 1.82) is 0 Å². The van der Waals surface area contributed by atoms with E-state index in [1.54, 1.807) is 7.11 Å². The molecule has 9 rings (SSSR count). The molecule has 0 amide bonds. The minimum absolute atomic E-state index is 0.0644. The number of methoxy groups -OCH3 is 1. The largest absolute Gasteiger partial charge is 0.504 e. The number of para-hydroxylation sites is 2. The molecular formula is C38H46N4O4. The Hall–Kier alpha value is -3.59. The molecule has 0 aromatic heterocycles. The van der Waals surface area contributed by atoms with Gasteiger partial charge in [0.2, 0.25) is 0 Å². The van der Waals surface area contributed by atoms with Crippen LogP contribution in [0.2, 0.25) is 0 Å². The van der Waals surface area contributed by atoms with Crippen LogP contribution < -0.4 is 15.4 Å². The first kappa shape index (κ1) is 29.8. The number of phenols is 1. The van der Waals surface area contributed by atoms with Crippen LogP contribution in [0.15, 0.2) is 77.8 Å². The number of anilines is 2. The molecule has 46 heavy (non-hydrogen) atoms. The average molecular weight is 623 g/mol. The molecule has 4 N–H and O–H groups in total. The molecule has 2 aliphatic heterocycles. The van der Waals surface area contributed by atoms with Gasteiger partial charge in [-0.15, -0.1) is 0 Å². The number of phenolic OH excluding ortho intramolecular Hbond substituents is 1. The van der Waals surface area contributed by atoms with Gasteiger partial charge in [0, 0.05) is 59.9 Å². The summed E-state index contributed by atoms with van der Waals surface area (Å²) in [4.78, 5) is 7.72. The maximum atomic E-state index is 11.6. The topological polar surface area (TPSA) is 98.6 Å². The van der Waals surface area contributed by atoms with Crippen molar-refractivity contribution in [2.45, 2.75) is 81.1 Å². The molecule has 3 aromatic carbocycles. The summed E-state index contributed by atoms with van der Waals surface area (Å²) in [6.07, 6.45) is 5.37. The van der Waals surface area contributed by atoms with Gasteiger partial charge in [-0.1, -0.05) is 42.5 Å². The molecule has 0 radical (unpaired) electrons. The zero-order valence-electron chi connectivity index (χ0n) is 27.1. The van der Waals surface area contributed by atoms with Crippen LogP contribution in [-0.4, -0.2) is 71.2 Å². The van der Waals surface area contributed by atoms with Gasteiger partial charge in [-0.25, -0.2) is 0 Å². The Morgan fingerprint density at radius 2 is 1.70 bits per heavy atom. The lowest BCUT2D eigenvalue weighted by molar-refractivity contribution is -0.300. The number of guanidine groups is 1. The van der Waals surface area contributed by atoms with Crippen molar-refractivity contribution in [3.63, 3.8) is 0 Å². The fourth-order valence-electron chi connectivity index (χ4n) is 10.5. The van der Waals surface area contributed by atoms with E-state index in [0.29, 0.717) is 18.3 Å². The van der Waals surface area contributed by atoms with Crippen LogP contribution in [0.25, 0.3) is 0 Å². The number of aliphatic hydroxyl groups is 1.